The first-order valence-electron chi connectivity index (χ1n) is 10.6. The zero-order chi connectivity index (χ0) is 21.3. The van der Waals surface area contributed by atoms with Crippen molar-refractivity contribution in [3.63, 3.8) is 0 Å². The maximum atomic E-state index is 11.8. The number of rotatable bonds is 7. The van der Waals surface area contributed by atoms with Gasteiger partial charge in [0.25, 0.3) is 0 Å². The molecule has 0 bridgehead atoms. The predicted molar refractivity (Wildman–Crippen MR) is 121 cm³/mol. The number of nitrogen functional groups attached to an aromatic ring is 1. The summed E-state index contributed by atoms with van der Waals surface area (Å²) in [5.41, 5.74) is 11.2. The molecule has 3 N–H and O–H groups in total. The smallest absolute Gasteiger partial charge is 0.411 e. The Morgan fingerprint density at radius 1 is 1.20 bits per heavy atom. The van der Waals surface area contributed by atoms with E-state index in [1.54, 1.807) is 0 Å². The van der Waals surface area contributed by atoms with E-state index in [9.17, 15) is 4.79 Å². The topological polar surface area (TPSA) is 78.5 Å². The molecule has 6 nitrogen and oxygen atoms in total. The minimum absolute atomic E-state index is 0.163. The summed E-state index contributed by atoms with van der Waals surface area (Å²) in [6.07, 6.45) is 1.89. The fourth-order valence-electron chi connectivity index (χ4n) is 3.74. The molecule has 1 aliphatic carbocycles. The number of fused-ring (bicyclic) bond motifs is 1. The Labute approximate surface area is 177 Å². The van der Waals surface area contributed by atoms with Gasteiger partial charge in [-0.2, -0.15) is 0 Å². The molecule has 1 aliphatic rings. The Morgan fingerprint density at radius 2 is 1.93 bits per heavy atom. The summed E-state index contributed by atoms with van der Waals surface area (Å²) in [6, 6.07) is 13.8. The molecule has 0 radical (unpaired) electrons. The molecule has 0 spiro atoms. The van der Waals surface area contributed by atoms with Gasteiger partial charge in [0, 0.05) is 29.2 Å². The van der Waals surface area contributed by atoms with Crippen LogP contribution >= 0.6 is 0 Å². The van der Waals surface area contributed by atoms with E-state index < -0.39 is 6.09 Å². The zero-order valence-electron chi connectivity index (χ0n) is 17.8. The first-order chi connectivity index (χ1) is 14.5. The molecule has 4 rings (SSSR count). The maximum Gasteiger partial charge on any atom is 0.411 e. The van der Waals surface area contributed by atoms with Crippen molar-refractivity contribution in [3.05, 3.63) is 42.5 Å². The average molecular weight is 408 g/mol. The first kappa shape index (κ1) is 20.1. The number of ether oxygens (including phenoxy) is 2. The molecular weight excluding hydrogens is 378 g/mol. The van der Waals surface area contributed by atoms with Crippen molar-refractivity contribution in [1.82, 2.24) is 4.57 Å². The van der Waals surface area contributed by atoms with Gasteiger partial charge in [-0.3, -0.25) is 5.32 Å². The molecule has 1 heterocycles. The van der Waals surface area contributed by atoms with Crippen LogP contribution in [-0.2, 0) is 11.3 Å². The number of hydrogen-bond acceptors (Lipinski definition) is 4. The Balaban J connectivity index is 1.70. The number of benzene rings is 2. The SMILES string of the molecule is CCOc1ccc2c(N)c(-c3ccc(NC(=O)OC(C)C)cc3)n(CC3CC3)c2c1. The lowest BCUT2D eigenvalue weighted by molar-refractivity contribution is 0.130. The van der Waals surface area contributed by atoms with Crippen LogP contribution in [0, 0.1) is 5.92 Å². The van der Waals surface area contributed by atoms with E-state index in [2.05, 4.69) is 16.0 Å². The number of amides is 1. The molecule has 1 fully saturated rings. The highest BCUT2D eigenvalue weighted by Gasteiger charge is 2.26. The van der Waals surface area contributed by atoms with E-state index >= 15 is 0 Å². The standard InChI is InChI=1S/C24H29N3O3/c1-4-29-19-11-12-20-21(13-19)27(14-16-5-6-16)23(22(20)25)17-7-9-18(10-8-17)26-24(28)30-15(2)3/h7-13,15-16H,4-6,14,25H2,1-3H3,(H,26,28). The molecule has 1 amide bonds. The van der Waals surface area contributed by atoms with Gasteiger partial charge in [-0.1, -0.05) is 12.1 Å². The highest BCUT2D eigenvalue weighted by atomic mass is 16.6. The van der Waals surface area contributed by atoms with Gasteiger partial charge in [-0.25, -0.2) is 4.79 Å². The highest BCUT2D eigenvalue weighted by Crippen LogP contribution is 2.41. The lowest BCUT2D eigenvalue weighted by Crippen LogP contribution is -2.17. The number of nitrogens with two attached hydrogens (primary N) is 1. The van der Waals surface area contributed by atoms with Crippen LogP contribution in [0.5, 0.6) is 5.75 Å². The largest absolute Gasteiger partial charge is 0.494 e. The zero-order valence-corrected chi connectivity index (χ0v) is 17.8. The fourth-order valence-corrected chi connectivity index (χ4v) is 3.74. The third-order valence-electron chi connectivity index (χ3n) is 5.27. The van der Waals surface area contributed by atoms with E-state index in [1.165, 1.54) is 12.8 Å². The van der Waals surface area contributed by atoms with E-state index in [0.717, 1.165) is 40.1 Å². The maximum absolute atomic E-state index is 11.8. The molecule has 0 unspecified atom stereocenters. The third-order valence-corrected chi connectivity index (χ3v) is 5.27. The Morgan fingerprint density at radius 3 is 2.57 bits per heavy atom. The van der Waals surface area contributed by atoms with Crippen LogP contribution in [0.25, 0.3) is 22.2 Å². The molecule has 0 saturated heterocycles. The van der Waals surface area contributed by atoms with Crippen molar-refractivity contribution in [2.75, 3.05) is 17.7 Å². The van der Waals surface area contributed by atoms with Crippen LogP contribution in [0.2, 0.25) is 0 Å². The van der Waals surface area contributed by atoms with Gasteiger partial charge < -0.3 is 19.8 Å². The van der Waals surface area contributed by atoms with Crippen molar-refractivity contribution in [2.24, 2.45) is 5.92 Å². The van der Waals surface area contributed by atoms with Crippen molar-refractivity contribution in [3.8, 4) is 17.0 Å². The number of hydrogen-bond donors (Lipinski definition) is 2. The summed E-state index contributed by atoms with van der Waals surface area (Å²) >= 11 is 0. The molecule has 0 aliphatic heterocycles. The predicted octanol–water partition coefficient (Wildman–Crippen LogP) is 5.66. The Kier molecular flexibility index (Phi) is 5.57. The van der Waals surface area contributed by atoms with Crippen LogP contribution in [0.4, 0.5) is 16.2 Å². The van der Waals surface area contributed by atoms with Crippen molar-refractivity contribution in [2.45, 2.75) is 46.3 Å². The molecule has 1 aromatic heterocycles. The monoisotopic (exact) mass is 407 g/mol. The van der Waals surface area contributed by atoms with Gasteiger partial charge in [0.15, 0.2) is 0 Å². The van der Waals surface area contributed by atoms with Crippen LogP contribution in [-0.4, -0.2) is 23.4 Å². The number of nitrogens with one attached hydrogen (secondary N) is 1. The fraction of sp³-hybridized carbons (Fsp3) is 0.375. The second-order valence-corrected chi connectivity index (χ2v) is 8.08. The van der Waals surface area contributed by atoms with Crippen molar-refractivity contribution >= 4 is 28.4 Å². The quantitative estimate of drug-likeness (QED) is 0.530. The van der Waals surface area contributed by atoms with Crippen molar-refractivity contribution in [1.29, 1.82) is 0 Å². The first-order valence-corrected chi connectivity index (χ1v) is 10.6. The number of aromatic nitrogens is 1. The molecule has 0 atom stereocenters. The molecule has 30 heavy (non-hydrogen) atoms. The average Bonchev–Trinajstić information content (AvgIpc) is 3.48. The summed E-state index contributed by atoms with van der Waals surface area (Å²) in [6.45, 7) is 7.20. The van der Waals surface area contributed by atoms with Crippen LogP contribution < -0.4 is 15.8 Å². The van der Waals surface area contributed by atoms with Gasteiger partial charge in [0.05, 0.1) is 29.6 Å². The van der Waals surface area contributed by atoms with E-state index in [1.807, 2.05) is 57.2 Å². The van der Waals surface area contributed by atoms with Crippen molar-refractivity contribution < 1.29 is 14.3 Å². The summed E-state index contributed by atoms with van der Waals surface area (Å²) in [7, 11) is 0. The summed E-state index contributed by atoms with van der Waals surface area (Å²) in [5.74, 6) is 1.55. The van der Waals surface area contributed by atoms with E-state index in [0.29, 0.717) is 18.2 Å². The summed E-state index contributed by atoms with van der Waals surface area (Å²) in [4.78, 5) is 11.8. The molecule has 2 aromatic carbocycles. The normalized spacial score (nSPS) is 13.6. The number of carbonyl (C=O) groups is 1. The Bertz CT molecular complexity index is 1050. The van der Waals surface area contributed by atoms with Gasteiger partial charge in [0.2, 0.25) is 0 Å². The number of anilines is 2. The minimum atomic E-state index is -0.455. The molecule has 3 aromatic rings. The number of carbonyl (C=O) groups excluding carboxylic acids is 1. The van der Waals surface area contributed by atoms with E-state index in [-0.39, 0.29) is 6.10 Å². The van der Waals surface area contributed by atoms with Gasteiger partial charge in [-0.15, -0.1) is 0 Å². The summed E-state index contributed by atoms with van der Waals surface area (Å²) in [5, 5.41) is 3.79. The van der Waals surface area contributed by atoms with Crippen LogP contribution in [0.15, 0.2) is 42.5 Å². The lowest BCUT2D eigenvalue weighted by Gasteiger charge is -2.13. The second kappa shape index (κ2) is 8.30. The number of nitrogens with zero attached hydrogens (tertiary/aromatic N) is 1. The molecular formula is C24H29N3O3. The molecule has 1 saturated carbocycles. The van der Waals surface area contributed by atoms with Gasteiger partial charge in [0.1, 0.15) is 5.75 Å². The highest BCUT2D eigenvalue weighted by molar-refractivity contribution is 6.01. The van der Waals surface area contributed by atoms with E-state index in [4.69, 9.17) is 15.2 Å². The van der Waals surface area contributed by atoms with Crippen LogP contribution in [0.3, 0.4) is 0 Å². The second-order valence-electron chi connectivity index (χ2n) is 8.08. The lowest BCUT2D eigenvalue weighted by atomic mass is 10.1. The summed E-state index contributed by atoms with van der Waals surface area (Å²) < 4.78 is 13.2. The minimum Gasteiger partial charge on any atom is -0.494 e. The van der Waals surface area contributed by atoms with Gasteiger partial charge >= 0.3 is 6.09 Å². The molecule has 6 heteroatoms. The Hall–Kier alpha value is -3.15. The molecule has 158 valence electrons. The van der Waals surface area contributed by atoms with Gasteiger partial charge in [-0.05, 0) is 63.8 Å². The third kappa shape index (κ3) is 4.22. The van der Waals surface area contributed by atoms with Crippen LogP contribution in [0.1, 0.15) is 33.6 Å².